The minimum atomic E-state index is -3.91. The van der Waals surface area contributed by atoms with Gasteiger partial charge in [-0.15, -0.1) is 0 Å². The first-order valence-electron chi connectivity index (χ1n) is 7.34. The maximum Gasteiger partial charge on any atom is 0.269 e. The van der Waals surface area contributed by atoms with Gasteiger partial charge in [-0.3, -0.25) is 14.4 Å². The molecule has 0 N–H and O–H groups in total. The monoisotopic (exact) mass is 366 g/mol. The number of hydrogen-bond acceptors (Lipinski definition) is 6. The topological polar surface area (TPSA) is 99.0 Å². The molecule has 2 rings (SSSR count). The average molecular weight is 366 g/mol. The molecule has 0 amide bonds. The first-order chi connectivity index (χ1) is 11.8. The summed E-state index contributed by atoms with van der Waals surface area (Å²) in [4.78, 5) is 10.1. The van der Waals surface area contributed by atoms with Crippen molar-refractivity contribution in [3.05, 3.63) is 52.6 Å². The molecule has 0 unspecified atom stereocenters. The third-order valence-corrected chi connectivity index (χ3v) is 5.48. The fraction of sp³-hybridized carbons (Fsp3) is 0.250. The zero-order valence-electron chi connectivity index (χ0n) is 14.0. The third-order valence-electron chi connectivity index (χ3n) is 3.58. The van der Waals surface area contributed by atoms with E-state index in [9.17, 15) is 18.5 Å². The number of benzene rings is 2. The minimum absolute atomic E-state index is 0.0437. The summed E-state index contributed by atoms with van der Waals surface area (Å²) in [5.74, 6) is 0.871. The highest BCUT2D eigenvalue weighted by molar-refractivity contribution is 7.92. The summed E-state index contributed by atoms with van der Waals surface area (Å²) >= 11 is 0. The fourth-order valence-corrected chi connectivity index (χ4v) is 3.81. The number of methoxy groups -OCH3 is 2. The molecule has 0 aromatic heterocycles. The van der Waals surface area contributed by atoms with E-state index in [4.69, 9.17) is 9.47 Å². The van der Waals surface area contributed by atoms with Gasteiger partial charge in [0.2, 0.25) is 0 Å². The quantitative estimate of drug-likeness (QED) is 0.552. The normalized spacial score (nSPS) is 11.0. The Morgan fingerprint density at radius 1 is 1.08 bits per heavy atom. The number of nitro benzene ring substituents is 1. The lowest BCUT2D eigenvalue weighted by molar-refractivity contribution is -0.384. The summed E-state index contributed by atoms with van der Waals surface area (Å²) in [5.41, 5.74) is 0.174. The summed E-state index contributed by atoms with van der Waals surface area (Å²) in [6.07, 6.45) is 0. The molecule has 0 fully saturated rings. The van der Waals surface area contributed by atoms with Gasteiger partial charge in [0.05, 0.1) is 29.7 Å². The van der Waals surface area contributed by atoms with Crippen LogP contribution in [0.5, 0.6) is 11.5 Å². The van der Waals surface area contributed by atoms with Crippen molar-refractivity contribution in [2.75, 3.05) is 25.1 Å². The second-order valence-electron chi connectivity index (χ2n) is 4.96. The Kier molecular flexibility index (Phi) is 5.48. The smallest absolute Gasteiger partial charge is 0.269 e. The summed E-state index contributed by atoms with van der Waals surface area (Å²) in [6, 6.07) is 9.55. The molecule has 0 radical (unpaired) electrons. The molecule has 0 spiro atoms. The van der Waals surface area contributed by atoms with Crippen LogP contribution in [-0.2, 0) is 10.0 Å². The Hall–Kier alpha value is -2.81. The summed E-state index contributed by atoms with van der Waals surface area (Å²) in [6.45, 7) is 1.84. The van der Waals surface area contributed by atoms with Gasteiger partial charge < -0.3 is 9.47 Å². The van der Waals surface area contributed by atoms with Crippen LogP contribution in [0.15, 0.2) is 47.4 Å². The van der Waals surface area contributed by atoms with Crippen LogP contribution < -0.4 is 13.8 Å². The molecule has 0 saturated heterocycles. The molecule has 0 aliphatic heterocycles. The molecule has 134 valence electrons. The average Bonchev–Trinajstić information content (AvgIpc) is 2.62. The van der Waals surface area contributed by atoms with E-state index in [0.29, 0.717) is 17.2 Å². The van der Waals surface area contributed by atoms with Gasteiger partial charge in [0.25, 0.3) is 15.7 Å². The number of rotatable bonds is 7. The Labute approximate surface area is 145 Å². The molecular formula is C16H18N2O6S. The predicted molar refractivity (Wildman–Crippen MR) is 92.8 cm³/mol. The van der Waals surface area contributed by atoms with Crippen LogP contribution in [0.1, 0.15) is 6.92 Å². The van der Waals surface area contributed by atoms with Crippen molar-refractivity contribution >= 4 is 21.4 Å². The predicted octanol–water partition coefficient (Wildman–Crippen LogP) is 2.83. The minimum Gasteiger partial charge on any atom is -0.497 e. The molecule has 0 aliphatic carbocycles. The van der Waals surface area contributed by atoms with E-state index in [1.54, 1.807) is 25.1 Å². The molecule has 0 atom stereocenters. The van der Waals surface area contributed by atoms with Gasteiger partial charge in [-0.1, -0.05) is 0 Å². The highest BCUT2D eigenvalue weighted by Gasteiger charge is 2.26. The van der Waals surface area contributed by atoms with Crippen LogP contribution in [0, 0.1) is 10.1 Å². The Balaban J connectivity index is 2.50. The maximum absolute atomic E-state index is 12.9. The largest absolute Gasteiger partial charge is 0.497 e. The van der Waals surface area contributed by atoms with Crippen molar-refractivity contribution < 1.29 is 22.8 Å². The zero-order chi connectivity index (χ0) is 18.6. The molecule has 0 saturated carbocycles. The van der Waals surface area contributed by atoms with E-state index in [-0.39, 0.29) is 17.1 Å². The first kappa shape index (κ1) is 18.5. The van der Waals surface area contributed by atoms with Crippen LogP contribution in [0.25, 0.3) is 0 Å². The lowest BCUT2D eigenvalue weighted by Crippen LogP contribution is -2.31. The molecule has 2 aromatic carbocycles. The Morgan fingerprint density at radius 2 is 1.72 bits per heavy atom. The summed E-state index contributed by atoms with van der Waals surface area (Å²) < 4.78 is 37.4. The van der Waals surface area contributed by atoms with Crippen molar-refractivity contribution in [3.63, 3.8) is 0 Å². The van der Waals surface area contributed by atoms with Crippen molar-refractivity contribution in [1.29, 1.82) is 0 Å². The second-order valence-corrected chi connectivity index (χ2v) is 6.82. The van der Waals surface area contributed by atoms with E-state index in [1.807, 2.05) is 0 Å². The van der Waals surface area contributed by atoms with Crippen LogP contribution in [0.3, 0.4) is 0 Å². The van der Waals surface area contributed by atoms with Gasteiger partial charge in [0.15, 0.2) is 0 Å². The molecule has 25 heavy (non-hydrogen) atoms. The van der Waals surface area contributed by atoms with Crippen molar-refractivity contribution in [2.24, 2.45) is 0 Å². The van der Waals surface area contributed by atoms with Gasteiger partial charge in [0, 0.05) is 24.7 Å². The van der Waals surface area contributed by atoms with Crippen LogP contribution >= 0.6 is 0 Å². The third kappa shape index (κ3) is 3.66. The lowest BCUT2D eigenvalue weighted by Gasteiger charge is -2.25. The summed E-state index contributed by atoms with van der Waals surface area (Å²) in [7, 11) is -0.974. The molecule has 8 nitrogen and oxygen atoms in total. The number of ether oxygens (including phenoxy) is 2. The maximum atomic E-state index is 12.9. The van der Waals surface area contributed by atoms with Gasteiger partial charge in [0.1, 0.15) is 11.5 Å². The number of hydrogen-bond donors (Lipinski definition) is 0. The van der Waals surface area contributed by atoms with Crippen molar-refractivity contribution in [3.8, 4) is 11.5 Å². The van der Waals surface area contributed by atoms with Gasteiger partial charge in [-0.05, 0) is 31.2 Å². The van der Waals surface area contributed by atoms with Crippen molar-refractivity contribution in [2.45, 2.75) is 11.8 Å². The standard InChI is InChI=1S/C16H18N2O6S/c1-4-17(15-10-7-13(23-2)11-16(15)24-3)25(21,22)14-8-5-12(6-9-14)18(19)20/h5-11H,4H2,1-3H3. The number of nitro groups is 1. The van der Waals surface area contributed by atoms with Crippen molar-refractivity contribution in [1.82, 2.24) is 0 Å². The SMILES string of the molecule is CCN(c1ccc(OC)cc1OC)S(=O)(=O)c1ccc([N+](=O)[O-])cc1. The van der Waals surface area contributed by atoms with E-state index < -0.39 is 14.9 Å². The Bertz CT molecular complexity index is 865. The van der Waals surface area contributed by atoms with Crippen LogP contribution in [-0.4, -0.2) is 34.1 Å². The van der Waals surface area contributed by atoms with Gasteiger partial charge in [-0.25, -0.2) is 8.42 Å². The Morgan fingerprint density at radius 3 is 2.20 bits per heavy atom. The molecule has 9 heteroatoms. The summed E-state index contributed by atoms with van der Waals surface area (Å²) in [5, 5.41) is 10.7. The van der Waals surface area contributed by atoms with Gasteiger partial charge in [-0.2, -0.15) is 0 Å². The van der Waals surface area contributed by atoms with E-state index in [1.165, 1.54) is 30.7 Å². The second kappa shape index (κ2) is 7.39. The highest BCUT2D eigenvalue weighted by atomic mass is 32.2. The van der Waals surface area contributed by atoms with E-state index in [2.05, 4.69) is 0 Å². The molecule has 0 heterocycles. The fourth-order valence-electron chi connectivity index (χ4n) is 2.33. The first-order valence-corrected chi connectivity index (χ1v) is 8.78. The lowest BCUT2D eigenvalue weighted by atomic mass is 10.2. The molecular weight excluding hydrogens is 348 g/mol. The van der Waals surface area contributed by atoms with E-state index in [0.717, 1.165) is 12.1 Å². The number of non-ortho nitro benzene ring substituents is 1. The molecule has 0 aliphatic rings. The zero-order valence-corrected chi connectivity index (χ0v) is 14.8. The number of anilines is 1. The number of nitrogens with zero attached hydrogens (tertiary/aromatic N) is 2. The molecule has 2 aromatic rings. The van der Waals surface area contributed by atoms with Crippen LogP contribution in [0.4, 0.5) is 11.4 Å². The van der Waals surface area contributed by atoms with Crippen LogP contribution in [0.2, 0.25) is 0 Å². The van der Waals surface area contributed by atoms with Gasteiger partial charge >= 0.3 is 0 Å². The highest BCUT2D eigenvalue weighted by Crippen LogP contribution is 2.35. The molecule has 0 bridgehead atoms. The van der Waals surface area contributed by atoms with E-state index >= 15 is 0 Å². The number of sulfonamides is 1.